The number of Topliss-reactive ketones (excluding diaryl/α,β-unsaturated/α-hetero) is 1. The number of ether oxygens (including phenoxy) is 5. The van der Waals surface area contributed by atoms with E-state index in [1.165, 1.54) is 35.8 Å². The maximum absolute atomic E-state index is 15.1. The van der Waals surface area contributed by atoms with Crippen LogP contribution in [0.5, 0.6) is 5.75 Å². The molecule has 3 aromatic carbocycles. The molecule has 4 aliphatic rings. The molecule has 7 rings (SSSR count). The molecule has 1 saturated carbocycles. The van der Waals surface area contributed by atoms with Crippen LogP contribution in [0.2, 0.25) is 0 Å². The Morgan fingerprint density at radius 1 is 0.675 bits per heavy atom. The monoisotopic (exact) mass is 1740 g/mol. The topological polar surface area (TPSA) is 467 Å². The molecule has 0 spiro atoms. The van der Waals surface area contributed by atoms with Crippen LogP contribution >= 0.6 is 11.8 Å². The zero-order valence-corrected chi connectivity index (χ0v) is 74.2. The lowest BCUT2D eigenvalue weighted by Gasteiger charge is -2.41. The van der Waals surface area contributed by atoms with Crippen LogP contribution in [0.4, 0.5) is 20.1 Å². The maximum atomic E-state index is 15.1. The number of nitrogens with one attached hydrogen (secondary N) is 8. The van der Waals surface area contributed by atoms with Crippen molar-refractivity contribution in [1.29, 1.82) is 0 Å². The van der Waals surface area contributed by atoms with E-state index in [4.69, 9.17) is 34.3 Å². The standard InChI is InChI=1S/C86H126N14O22S/c1-16-52(8)75(97(12)82(113)73(50(4)5)95-80(111)74(51(6)7)96(10)11)64(118-14)42-69(105)99-46-60(41-62(99)76(119-15)53(9)77(108)91-45-63(101)57-26-25-56-40-59(117-13)30-27-55(56)39-57)121-85(116)90-37-36-89-84(115)120-47-54-23-28-58(29-24-54)92-78(109)61(21-20-35-88-83(87)114)93-79(110)72(49(2)3)94-66(102)22-18-17-19-38-98-70(106)43-65(81(98)112)123-48-86(33-34-86)44-71(107)122-100-67(103)31-32-68(100)104/h23-30,39-40,49-53,60-62,64-65,72-76H,16-22,31-38,41-48H2,1-15H3,(H,89,115)(H,90,116)(H,91,108)(H,92,109)(H,93,110)(H,94,102)(H,95,111)(H3,87,88,114)/t52-,53+,60-,61-,62-,64+,65?,72-,73-,74-,75-,76+/m0/s1. The molecule has 123 heavy (non-hydrogen) atoms. The van der Waals surface area contributed by atoms with Gasteiger partial charge in [0.25, 0.3) is 11.8 Å². The average molecular weight is 1740 g/mol. The van der Waals surface area contributed by atoms with Crippen LogP contribution in [0.25, 0.3) is 10.8 Å². The Morgan fingerprint density at radius 3 is 1.94 bits per heavy atom. The highest BCUT2D eigenvalue weighted by molar-refractivity contribution is 8.00. The minimum absolute atomic E-state index is 0.000474. The van der Waals surface area contributed by atoms with Crippen molar-refractivity contribution in [2.75, 3.05) is 92.8 Å². The van der Waals surface area contributed by atoms with E-state index in [0.717, 1.165) is 10.8 Å². The maximum Gasteiger partial charge on any atom is 0.407 e. The summed E-state index contributed by atoms with van der Waals surface area (Å²) in [6.07, 6.45) is -1.52. The number of thioether (sulfide) groups is 1. The van der Waals surface area contributed by atoms with Gasteiger partial charge in [0, 0.05) is 96.6 Å². The molecule has 4 fully saturated rings. The first-order valence-electron chi connectivity index (χ1n) is 42.2. The SMILES string of the molecule is CC[C@H](C)[C@@H]([C@@H](CC(=O)N1C[C@@H](OC(=O)NCCNC(=O)OCc2ccc(NC(=O)[C@H](CCCNC(N)=O)NC(=O)[C@@H](NC(=O)CCCCCN3C(=O)CC(SCC4(CC(=O)ON5C(=O)CCC5=O)CC4)C3=O)C(C)C)cc2)C[C@H]1[C@H](OC)[C@@H](C)C(=O)NCC(=O)c1ccc2cc(OC)ccc2c1)OC)N(C)C(=O)[C@@H](NC(=O)[C@H](C(C)C)N(C)C)C(C)C. The number of likely N-dealkylation sites (tertiary alicyclic amines) is 2. The number of fused-ring (bicyclic) bond motifs is 1. The van der Waals surface area contributed by atoms with Crippen LogP contribution < -0.4 is 53.0 Å². The second-order valence-electron chi connectivity index (χ2n) is 33.4. The molecule has 0 aromatic heterocycles. The van der Waals surface area contributed by atoms with E-state index in [1.54, 1.807) is 107 Å². The Morgan fingerprint density at radius 2 is 1.33 bits per heavy atom. The quantitative estimate of drug-likeness (QED) is 0.0188. The summed E-state index contributed by atoms with van der Waals surface area (Å²) in [5.41, 5.74) is 6.00. The van der Waals surface area contributed by atoms with Gasteiger partial charge >= 0.3 is 24.2 Å². The van der Waals surface area contributed by atoms with Crippen LogP contribution in [0.1, 0.15) is 175 Å². The fourth-order valence-corrected chi connectivity index (χ4v) is 17.0. The number of nitrogens with zero attached hydrogens (tertiary/aromatic N) is 5. The van der Waals surface area contributed by atoms with E-state index in [0.29, 0.717) is 71.9 Å². The van der Waals surface area contributed by atoms with Gasteiger partial charge in [-0.15, -0.1) is 16.8 Å². The normalized spacial score (nSPS) is 18.4. The number of carbonyl (C=O) groups is 16. The number of hydrogen-bond donors (Lipinski definition) is 9. The van der Waals surface area contributed by atoms with Gasteiger partial charge in [-0.05, 0) is 128 Å². The zero-order valence-electron chi connectivity index (χ0n) is 73.4. The largest absolute Gasteiger partial charge is 0.497 e. The van der Waals surface area contributed by atoms with Gasteiger partial charge in [0.05, 0.1) is 74.5 Å². The Balaban J connectivity index is 0.892. The predicted molar refractivity (Wildman–Crippen MR) is 455 cm³/mol. The number of amides is 15. The molecule has 3 aliphatic heterocycles. The number of urea groups is 1. The van der Waals surface area contributed by atoms with Gasteiger partial charge in [-0.1, -0.05) is 105 Å². The summed E-state index contributed by atoms with van der Waals surface area (Å²) in [6, 6.07) is 10.8. The van der Waals surface area contributed by atoms with Crippen LogP contribution in [-0.4, -0.2) is 267 Å². The Kier molecular flexibility index (Phi) is 38.3. The van der Waals surface area contributed by atoms with Crippen molar-refractivity contribution in [3.63, 3.8) is 0 Å². The van der Waals surface area contributed by atoms with Crippen molar-refractivity contribution in [3.05, 3.63) is 71.8 Å². The lowest BCUT2D eigenvalue weighted by atomic mass is 9.89. The number of hydrogen-bond acceptors (Lipinski definition) is 24. The molecule has 0 bridgehead atoms. The minimum atomic E-state index is -1.16. The van der Waals surface area contributed by atoms with Crippen molar-refractivity contribution in [2.45, 2.75) is 225 Å². The molecule has 37 heteroatoms. The summed E-state index contributed by atoms with van der Waals surface area (Å²) < 4.78 is 28.9. The lowest BCUT2D eigenvalue weighted by molar-refractivity contribution is -0.198. The summed E-state index contributed by atoms with van der Waals surface area (Å²) in [7, 11) is 9.63. The van der Waals surface area contributed by atoms with Crippen molar-refractivity contribution < 1.29 is 105 Å². The van der Waals surface area contributed by atoms with Crippen molar-refractivity contribution in [1.82, 2.24) is 61.9 Å². The van der Waals surface area contributed by atoms with E-state index in [-0.39, 0.29) is 151 Å². The van der Waals surface area contributed by atoms with Gasteiger partial charge in [0.2, 0.25) is 53.2 Å². The third kappa shape index (κ3) is 29.0. The highest BCUT2D eigenvalue weighted by atomic mass is 32.2. The third-order valence-electron chi connectivity index (χ3n) is 22.9. The van der Waals surface area contributed by atoms with Crippen LogP contribution in [0.3, 0.4) is 0 Å². The van der Waals surface area contributed by atoms with E-state index in [2.05, 4.69) is 42.5 Å². The Hall–Kier alpha value is -10.5. The Bertz CT molecular complexity index is 4220. The first-order chi connectivity index (χ1) is 58.3. The molecule has 0 radical (unpaired) electrons. The molecule has 3 saturated heterocycles. The van der Waals surface area contributed by atoms with Crippen molar-refractivity contribution in [3.8, 4) is 5.75 Å². The van der Waals surface area contributed by atoms with Crippen LogP contribution in [-0.2, 0) is 87.9 Å². The number of nitrogens with two attached hydrogens (primary N) is 1. The molecular formula is C86H126N14O22S. The molecule has 36 nitrogen and oxygen atoms in total. The van der Waals surface area contributed by atoms with Crippen LogP contribution in [0.15, 0.2) is 60.7 Å². The number of likely N-dealkylation sites (N-methyl/N-ethyl adjacent to an activating group) is 2. The number of alkyl carbamates (subject to hydrolysis) is 2. The molecular weight excluding hydrogens is 1610 g/mol. The average Bonchev–Trinajstić information content (AvgIpc) is 1.25. The summed E-state index contributed by atoms with van der Waals surface area (Å²) in [5.74, 6) is -7.27. The first kappa shape index (κ1) is 99.6. The summed E-state index contributed by atoms with van der Waals surface area (Å²) in [4.78, 5) is 224. The summed E-state index contributed by atoms with van der Waals surface area (Å²) >= 11 is 1.29. The van der Waals surface area contributed by atoms with E-state index >= 15 is 4.79 Å². The molecule has 3 aromatic rings. The summed E-state index contributed by atoms with van der Waals surface area (Å²) in [5, 5.41) is 23.2. The van der Waals surface area contributed by atoms with Gasteiger partial charge in [-0.3, -0.25) is 67.3 Å². The second-order valence-corrected chi connectivity index (χ2v) is 34.6. The van der Waals surface area contributed by atoms with Gasteiger partial charge in [-0.2, -0.15) is 0 Å². The molecule has 12 atom stereocenters. The second kappa shape index (κ2) is 47.4. The number of imide groups is 2. The number of carbonyl (C=O) groups excluding carboxylic acids is 16. The van der Waals surface area contributed by atoms with Crippen molar-refractivity contribution in [2.24, 2.45) is 40.7 Å². The third-order valence-corrected chi connectivity index (χ3v) is 24.4. The minimum Gasteiger partial charge on any atom is -0.497 e. The van der Waals surface area contributed by atoms with E-state index in [1.807, 2.05) is 53.7 Å². The fraction of sp³-hybridized carbons (Fsp3) is 0.628. The predicted octanol–water partition coefficient (Wildman–Crippen LogP) is 5.64. The van der Waals surface area contributed by atoms with Gasteiger partial charge in [0.15, 0.2) is 5.78 Å². The van der Waals surface area contributed by atoms with Crippen LogP contribution in [0, 0.1) is 35.0 Å². The molecule has 1 aliphatic carbocycles. The van der Waals surface area contributed by atoms with E-state index < -0.39 is 143 Å². The number of methoxy groups -OCH3 is 3. The van der Waals surface area contributed by atoms with Gasteiger partial charge in [-0.25, -0.2) is 19.2 Å². The van der Waals surface area contributed by atoms with Gasteiger partial charge < -0.3 is 86.6 Å². The van der Waals surface area contributed by atoms with E-state index in [9.17, 15) is 71.9 Å². The molecule has 10 N–H and O–H groups in total. The lowest BCUT2D eigenvalue weighted by Crippen LogP contribution is -2.59. The Labute approximate surface area is 723 Å². The first-order valence-corrected chi connectivity index (χ1v) is 43.3. The number of primary amides is 1. The number of rotatable bonds is 49. The van der Waals surface area contributed by atoms with Gasteiger partial charge in [0.1, 0.15) is 36.6 Å². The molecule has 3 heterocycles. The van der Waals surface area contributed by atoms with Crippen molar-refractivity contribution >= 4 is 123 Å². The number of ketones is 1. The fourth-order valence-electron chi connectivity index (χ4n) is 15.6. The smallest absolute Gasteiger partial charge is 0.407 e. The molecule has 678 valence electrons. The number of unbranched alkanes of at least 4 members (excludes halogenated alkanes) is 2. The number of benzene rings is 3. The number of anilines is 1. The number of hydroxylamine groups is 2. The molecule has 15 amide bonds. The molecule has 1 unspecified atom stereocenters. The highest BCUT2D eigenvalue weighted by Crippen LogP contribution is 2.52. The zero-order chi connectivity index (χ0) is 90.7. The highest BCUT2D eigenvalue weighted by Gasteiger charge is 2.50. The summed E-state index contributed by atoms with van der Waals surface area (Å²) in [6.45, 7) is 15.7.